The molecule has 6 heteroatoms. The number of hydrogen-bond donors (Lipinski definition) is 4. The molecule has 1 amide bonds. The Labute approximate surface area is 132 Å². The zero-order valence-electron chi connectivity index (χ0n) is 13.8. The van der Waals surface area contributed by atoms with E-state index >= 15 is 0 Å². The summed E-state index contributed by atoms with van der Waals surface area (Å²) in [5.41, 5.74) is 5.74. The van der Waals surface area contributed by atoms with Crippen LogP contribution >= 0.6 is 0 Å². The number of carbonyl (C=O) groups excluding carboxylic acids is 1. The van der Waals surface area contributed by atoms with E-state index in [1.807, 2.05) is 0 Å². The number of carboxylic acid groups (broad SMARTS) is 1. The highest BCUT2D eigenvalue weighted by Gasteiger charge is 2.38. The van der Waals surface area contributed by atoms with Crippen LogP contribution in [0.2, 0.25) is 0 Å². The lowest BCUT2D eigenvalue weighted by atomic mass is 9.74. The first kappa shape index (κ1) is 18.9. The molecule has 2 unspecified atom stereocenters. The Morgan fingerprint density at radius 1 is 1.27 bits per heavy atom. The number of aliphatic hydroxyl groups is 1. The molecule has 1 aliphatic carbocycles. The largest absolute Gasteiger partial charge is 0.481 e. The number of aliphatic carboxylic acids is 1. The molecule has 1 aliphatic rings. The minimum absolute atomic E-state index is 0.160. The molecule has 0 aromatic carbocycles. The molecule has 6 nitrogen and oxygen atoms in total. The number of nitrogens with one attached hydrogen (secondary N) is 1. The third-order valence-electron chi connectivity index (χ3n) is 4.43. The lowest BCUT2D eigenvalue weighted by Crippen LogP contribution is -2.47. The Morgan fingerprint density at radius 2 is 1.86 bits per heavy atom. The molecule has 0 saturated heterocycles. The van der Waals surface area contributed by atoms with E-state index in [2.05, 4.69) is 26.1 Å². The van der Waals surface area contributed by atoms with Crippen LogP contribution in [0, 0.1) is 17.3 Å². The number of rotatable bonds is 9. The van der Waals surface area contributed by atoms with Crippen LogP contribution in [0.1, 0.15) is 52.9 Å². The van der Waals surface area contributed by atoms with Crippen molar-refractivity contribution in [1.82, 2.24) is 5.32 Å². The van der Waals surface area contributed by atoms with E-state index in [1.165, 1.54) is 12.8 Å². The van der Waals surface area contributed by atoms with Crippen molar-refractivity contribution in [3.63, 3.8) is 0 Å². The number of amides is 1. The molecule has 1 fully saturated rings. The monoisotopic (exact) mass is 314 g/mol. The van der Waals surface area contributed by atoms with Crippen LogP contribution in [-0.4, -0.2) is 40.8 Å². The molecule has 0 radical (unpaired) electrons. The highest BCUT2D eigenvalue weighted by molar-refractivity contribution is 5.86. The molecule has 3 atom stereocenters. The van der Waals surface area contributed by atoms with Crippen molar-refractivity contribution >= 4 is 11.9 Å². The van der Waals surface area contributed by atoms with Gasteiger partial charge in [0.2, 0.25) is 5.91 Å². The Hall–Kier alpha value is -1.14. The molecule has 1 rings (SSSR count). The van der Waals surface area contributed by atoms with Crippen molar-refractivity contribution in [1.29, 1.82) is 0 Å². The van der Waals surface area contributed by atoms with Gasteiger partial charge in [-0.25, -0.2) is 0 Å². The van der Waals surface area contributed by atoms with Gasteiger partial charge in [0, 0.05) is 0 Å². The summed E-state index contributed by atoms with van der Waals surface area (Å²) in [7, 11) is 0. The van der Waals surface area contributed by atoms with Gasteiger partial charge >= 0.3 is 5.97 Å². The summed E-state index contributed by atoms with van der Waals surface area (Å²) in [6.07, 6.45) is 3.74. The first-order valence-corrected chi connectivity index (χ1v) is 8.03. The fourth-order valence-corrected chi connectivity index (χ4v) is 3.05. The number of carbonyl (C=O) groups is 2. The summed E-state index contributed by atoms with van der Waals surface area (Å²) < 4.78 is 0. The first-order valence-electron chi connectivity index (χ1n) is 8.03. The van der Waals surface area contributed by atoms with Crippen molar-refractivity contribution in [2.24, 2.45) is 23.0 Å². The van der Waals surface area contributed by atoms with Crippen LogP contribution in [0.25, 0.3) is 0 Å². The fourth-order valence-electron chi connectivity index (χ4n) is 3.05. The highest BCUT2D eigenvalue weighted by atomic mass is 16.4. The van der Waals surface area contributed by atoms with Gasteiger partial charge in [0.05, 0.1) is 25.1 Å². The zero-order chi connectivity index (χ0) is 16.9. The van der Waals surface area contributed by atoms with Crippen LogP contribution in [0.15, 0.2) is 0 Å². The summed E-state index contributed by atoms with van der Waals surface area (Å²) in [4.78, 5) is 22.4. The average molecular weight is 314 g/mol. The summed E-state index contributed by atoms with van der Waals surface area (Å²) in [6, 6.07) is -1.44. The van der Waals surface area contributed by atoms with Gasteiger partial charge in [0.15, 0.2) is 0 Å². The van der Waals surface area contributed by atoms with E-state index in [1.54, 1.807) is 0 Å². The summed E-state index contributed by atoms with van der Waals surface area (Å²) >= 11 is 0. The minimum atomic E-state index is -1.11. The Balaban J connectivity index is 2.47. The van der Waals surface area contributed by atoms with Gasteiger partial charge in [-0.3, -0.25) is 9.59 Å². The van der Waals surface area contributed by atoms with Crippen molar-refractivity contribution in [2.75, 3.05) is 6.61 Å². The highest BCUT2D eigenvalue weighted by Crippen LogP contribution is 2.47. The molecule has 1 saturated carbocycles. The van der Waals surface area contributed by atoms with Gasteiger partial charge in [0.1, 0.15) is 0 Å². The van der Waals surface area contributed by atoms with Crippen molar-refractivity contribution < 1.29 is 19.8 Å². The third-order valence-corrected chi connectivity index (χ3v) is 4.43. The quantitative estimate of drug-likeness (QED) is 0.509. The molecular weight excluding hydrogens is 284 g/mol. The number of nitrogens with two attached hydrogens (primary N) is 1. The summed E-state index contributed by atoms with van der Waals surface area (Å²) in [6.45, 7) is 6.52. The molecule has 22 heavy (non-hydrogen) atoms. The lowest BCUT2D eigenvalue weighted by molar-refractivity contribution is -0.139. The van der Waals surface area contributed by atoms with Crippen LogP contribution < -0.4 is 11.1 Å². The second kappa shape index (κ2) is 7.92. The van der Waals surface area contributed by atoms with E-state index in [0.717, 1.165) is 12.3 Å². The molecule has 128 valence electrons. The van der Waals surface area contributed by atoms with E-state index in [4.69, 9.17) is 10.8 Å². The summed E-state index contributed by atoms with van der Waals surface area (Å²) in [5, 5.41) is 20.7. The van der Waals surface area contributed by atoms with Crippen LogP contribution in [0.3, 0.4) is 0 Å². The smallest absolute Gasteiger partial charge is 0.305 e. The van der Waals surface area contributed by atoms with Crippen LogP contribution in [0.4, 0.5) is 0 Å². The van der Waals surface area contributed by atoms with Gasteiger partial charge in [-0.05, 0) is 42.9 Å². The van der Waals surface area contributed by atoms with Gasteiger partial charge in [-0.1, -0.05) is 20.8 Å². The Bertz CT molecular complexity index is 388. The standard InChI is InChI=1S/C16H30N2O4/c1-16(2,3)12(10-4-5-10)7-6-11(9-19)18-15(22)13(17)8-14(20)21/h10-13,19H,4-9,17H2,1-3H3,(H,18,22)(H,20,21)/t11?,12?,13-/m0/s1. The van der Waals surface area contributed by atoms with Gasteiger partial charge in [-0.15, -0.1) is 0 Å². The van der Waals surface area contributed by atoms with Crippen LogP contribution in [0.5, 0.6) is 0 Å². The molecule has 0 aromatic rings. The second-order valence-electron chi connectivity index (χ2n) is 7.48. The molecular formula is C16H30N2O4. The number of carboxylic acids is 1. The predicted octanol–water partition coefficient (Wildman–Crippen LogP) is 1.12. The maximum absolute atomic E-state index is 11.8. The van der Waals surface area contributed by atoms with Gasteiger partial charge in [-0.2, -0.15) is 0 Å². The predicted molar refractivity (Wildman–Crippen MR) is 84.1 cm³/mol. The zero-order valence-corrected chi connectivity index (χ0v) is 13.8. The summed E-state index contributed by atoms with van der Waals surface area (Å²) in [5.74, 6) is -0.291. The van der Waals surface area contributed by atoms with E-state index in [9.17, 15) is 14.7 Å². The normalized spacial score (nSPS) is 19.3. The molecule has 0 aliphatic heterocycles. The van der Waals surface area contributed by atoms with Crippen LogP contribution in [-0.2, 0) is 9.59 Å². The fraction of sp³-hybridized carbons (Fsp3) is 0.875. The Kier molecular flexibility index (Phi) is 6.81. The average Bonchev–Trinajstić information content (AvgIpc) is 3.19. The first-order chi connectivity index (χ1) is 10.1. The van der Waals surface area contributed by atoms with E-state index in [0.29, 0.717) is 12.3 Å². The SMILES string of the molecule is CC(C)(C)C(CCC(CO)NC(=O)[C@@H](N)CC(=O)O)C1CC1. The number of aliphatic hydroxyl groups excluding tert-OH is 1. The van der Waals surface area contributed by atoms with Crippen molar-refractivity contribution in [2.45, 2.75) is 65.0 Å². The van der Waals surface area contributed by atoms with Crippen molar-refractivity contribution in [3.8, 4) is 0 Å². The lowest BCUT2D eigenvalue weighted by Gasteiger charge is -2.32. The molecule has 0 spiro atoms. The maximum Gasteiger partial charge on any atom is 0.305 e. The molecule has 0 aromatic heterocycles. The molecule has 5 N–H and O–H groups in total. The minimum Gasteiger partial charge on any atom is -0.481 e. The van der Waals surface area contributed by atoms with Crippen molar-refractivity contribution in [3.05, 3.63) is 0 Å². The second-order valence-corrected chi connectivity index (χ2v) is 7.48. The topological polar surface area (TPSA) is 113 Å². The van der Waals surface area contributed by atoms with E-state index in [-0.39, 0.29) is 18.1 Å². The number of hydrogen-bond acceptors (Lipinski definition) is 4. The Morgan fingerprint density at radius 3 is 2.27 bits per heavy atom. The third kappa shape index (κ3) is 6.32. The molecule has 0 bridgehead atoms. The van der Waals surface area contributed by atoms with Gasteiger partial charge in [0.25, 0.3) is 0 Å². The van der Waals surface area contributed by atoms with Gasteiger partial charge < -0.3 is 21.3 Å². The molecule has 0 heterocycles. The maximum atomic E-state index is 11.8. The van der Waals surface area contributed by atoms with E-state index < -0.39 is 24.3 Å².